The molecule has 1 aliphatic heterocycles. The van der Waals surface area contributed by atoms with Crippen LogP contribution in [0.1, 0.15) is 13.3 Å². The minimum absolute atomic E-state index is 0.277. The molecule has 1 rings (SSSR count). The van der Waals surface area contributed by atoms with Crippen LogP contribution in [0, 0.1) is 0 Å². The van der Waals surface area contributed by atoms with Gasteiger partial charge in [-0.25, -0.2) is 0 Å². The number of nitrogens with zero attached hydrogens (tertiary/aromatic N) is 1. The Balaban J connectivity index is 2.31. The summed E-state index contributed by atoms with van der Waals surface area (Å²) in [5.41, 5.74) is 0. The standard InChI is InChI=1S/C10H20N2OS2/c1-8(6-13-3)11-10(14)12(2)9-4-5-15-7-9/h8-9H,4-7H2,1-3H3,(H,11,14). The Morgan fingerprint density at radius 2 is 2.47 bits per heavy atom. The molecule has 0 aromatic carbocycles. The zero-order valence-electron chi connectivity index (χ0n) is 9.66. The topological polar surface area (TPSA) is 24.5 Å². The lowest BCUT2D eigenvalue weighted by atomic mass is 10.2. The fourth-order valence-corrected chi connectivity index (χ4v) is 3.22. The first-order chi connectivity index (χ1) is 7.15. The van der Waals surface area contributed by atoms with E-state index in [4.69, 9.17) is 17.0 Å². The van der Waals surface area contributed by atoms with Crippen molar-refractivity contribution in [2.24, 2.45) is 0 Å². The molecule has 5 heteroatoms. The fourth-order valence-electron chi connectivity index (χ4n) is 1.60. The lowest BCUT2D eigenvalue weighted by Gasteiger charge is -2.28. The van der Waals surface area contributed by atoms with Crippen molar-refractivity contribution in [1.82, 2.24) is 10.2 Å². The SMILES string of the molecule is COCC(C)NC(=S)N(C)C1CCSC1. The smallest absolute Gasteiger partial charge is 0.169 e. The molecule has 88 valence electrons. The van der Waals surface area contributed by atoms with Crippen LogP contribution in [-0.4, -0.2) is 54.4 Å². The van der Waals surface area contributed by atoms with Gasteiger partial charge in [0.15, 0.2) is 5.11 Å². The van der Waals surface area contributed by atoms with Gasteiger partial charge in [-0.15, -0.1) is 0 Å². The zero-order valence-corrected chi connectivity index (χ0v) is 11.3. The predicted molar refractivity (Wildman–Crippen MR) is 70.6 cm³/mol. The Kier molecular flexibility index (Phi) is 5.71. The van der Waals surface area contributed by atoms with Gasteiger partial charge in [0.1, 0.15) is 0 Å². The van der Waals surface area contributed by atoms with Crippen molar-refractivity contribution in [3.05, 3.63) is 0 Å². The molecule has 0 radical (unpaired) electrons. The van der Waals surface area contributed by atoms with Crippen LogP contribution in [-0.2, 0) is 4.74 Å². The summed E-state index contributed by atoms with van der Waals surface area (Å²) in [6, 6.07) is 0.878. The summed E-state index contributed by atoms with van der Waals surface area (Å²) in [5, 5.41) is 4.12. The maximum absolute atomic E-state index is 5.35. The van der Waals surface area contributed by atoms with E-state index < -0.39 is 0 Å². The third-order valence-corrected chi connectivity index (χ3v) is 4.11. The molecule has 0 spiro atoms. The van der Waals surface area contributed by atoms with Gasteiger partial charge in [0.2, 0.25) is 0 Å². The first-order valence-electron chi connectivity index (χ1n) is 5.25. The van der Waals surface area contributed by atoms with Gasteiger partial charge in [-0.05, 0) is 31.3 Å². The van der Waals surface area contributed by atoms with Crippen LogP contribution in [0.25, 0.3) is 0 Å². The lowest BCUT2D eigenvalue weighted by molar-refractivity contribution is 0.177. The highest BCUT2D eigenvalue weighted by atomic mass is 32.2. The van der Waals surface area contributed by atoms with E-state index in [1.807, 2.05) is 11.8 Å². The third-order valence-electron chi connectivity index (χ3n) is 2.56. The number of rotatable bonds is 4. The first kappa shape index (κ1) is 13.1. The molecule has 1 fully saturated rings. The highest BCUT2D eigenvalue weighted by Gasteiger charge is 2.22. The highest BCUT2D eigenvalue weighted by molar-refractivity contribution is 7.99. The van der Waals surface area contributed by atoms with Crippen LogP contribution in [0.4, 0.5) is 0 Å². The van der Waals surface area contributed by atoms with Crippen molar-refractivity contribution in [2.45, 2.75) is 25.4 Å². The van der Waals surface area contributed by atoms with Crippen LogP contribution in [0.15, 0.2) is 0 Å². The number of hydrogen-bond donors (Lipinski definition) is 1. The molecule has 0 aromatic heterocycles. The number of methoxy groups -OCH3 is 1. The normalized spacial score (nSPS) is 22.5. The number of thiocarbonyl (C=S) groups is 1. The van der Waals surface area contributed by atoms with E-state index in [1.54, 1.807) is 7.11 Å². The Bertz CT molecular complexity index is 208. The Morgan fingerprint density at radius 3 is 3.00 bits per heavy atom. The number of hydrogen-bond acceptors (Lipinski definition) is 3. The third kappa shape index (κ3) is 4.17. The molecule has 0 aliphatic carbocycles. The minimum Gasteiger partial charge on any atom is -0.383 e. The van der Waals surface area contributed by atoms with Crippen molar-refractivity contribution in [2.75, 3.05) is 32.3 Å². The number of thioether (sulfide) groups is 1. The predicted octanol–water partition coefficient (Wildman–Crippen LogP) is 1.33. The quantitative estimate of drug-likeness (QED) is 0.757. The number of nitrogens with one attached hydrogen (secondary N) is 1. The monoisotopic (exact) mass is 248 g/mol. The van der Waals surface area contributed by atoms with Crippen molar-refractivity contribution in [3.63, 3.8) is 0 Å². The lowest BCUT2D eigenvalue weighted by Crippen LogP contribution is -2.47. The van der Waals surface area contributed by atoms with Crippen molar-refractivity contribution < 1.29 is 4.74 Å². The molecular weight excluding hydrogens is 228 g/mol. The van der Waals surface area contributed by atoms with E-state index >= 15 is 0 Å². The zero-order chi connectivity index (χ0) is 11.3. The average Bonchev–Trinajstić information content (AvgIpc) is 2.69. The van der Waals surface area contributed by atoms with E-state index in [0.717, 1.165) is 5.11 Å². The van der Waals surface area contributed by atoms with E-state index in [1.165, 1.54) is 17.9 Å². The van der Waals surface area contributed by atoms with Crippen LogP contribution in [0.5, 0.6) is 0 Å². The van der Waals surface area contributed by atoms with Crippen molar-refractivity contribution in [3.8, 4) is 0 Å². The Morgan fingerprint density at radius 1 is 1.73 bits per heavy atom. The van der Waals surface area contributed by atoms with E-state index in [-0.39, 0.29) is 6.04 Å². The summed E-state index contributed by atoms with van der Waals surface area (Å²) in [7, 11) is 3.78. The Hall–Kier alpha value is 0. The fraction of sp³-hybridized carbons (Fsp3) is 0.900. The second-order valence-corrected chi connectivity index (χ2v) is 5.47. The molecule has 0 amide bonds. The van der Waals surface area contributed by atoms with Gasteiger partial charge < -0.3 is 15.0 Å². The second-order valence-electron chi connectivity index (χ2n) is 3.93. The first-order valence-corrected chi connectivity index (χ1v) is 6.81. The van der Waals surface area contributed by atoms with Gasteiger partial charge in [0, 0.05) is 32.0 Å². The van der Waals surface area contributed by atoms with Gasteiger partial charge in [0.05, 0.1) is 6.61 Å². The van der Waals surface area contributed by atoms with Crippen molar-refractivity contribution in [1.29, 1.82) is 0 Å². The molecule has 3 nitrogen and oxygen atoms in total. The van der Waals surface area contributed by atoms with E-state index in [9.17, 15) is 0 Å². The Labute approximate surface area is 102 Å². The van der Waals surface area contributed by atoms with Crippen LogP contribution >= 0.6 is 24.0 Å². The van der Waals surface area contributed by atoms with E-state index in [2.05, 4.69) is 24.2 Å². The van der Waals surface area contributed by atoms with Gasteiger partial charge in [-0.1, -0.05) is 0 Å². The summed E-state index contributed by atoms with van der Waals surface area (Å²) in [5.74, 6) is 2.45. The number of ether oxygens (including phenoxy) is 1. The molecule has 1 aliphatic rings. The van der Waals surface area contributed by atoms with Gasteiger partial charge >= 0.3 is 0 Å². The molecule has 2 unspecified atom stereocenters. The summed E-state index contributed by atoms with van der Waals surface area (Å²) in [4.78, 5) is 2.18. The summed E-state index contributed by atoms with van der Waals surface area (Å²) >= 11 is 7.36. The van der Waals surface area contributed by atoms with Crippen molar-refractivity contribution >= 4 is 29.1 Å². The largest absolute Gasteiger partial charge is 0.383 e. The molecule has 0 aromatic rings. The van der Waals surface area contributed by atoms with Crippen LogP contribution in [0.3, 0.4) is 0 Å². The molecule has 0 saturated carbocycles. The minimum atomic E-state index is 0.277. The van der Waals surface area contributed by atoms with Gasteiger partial charge in [0.25, 0.3) is 0 Å². The molecule has 1 heterocycles. The molecule has 1 saturated heterocycles. The van der Waals surface area contributed by atoms with Crippen LogP contribution in [0.2, 0.25) is 0 Å². The summed E-state index contributed by atoms with van der Waals surface area (Å²) in [6.07, 6.45) is 1.24. The summed E-state index contributed by atoms with van der Waals surface area (Å²) < 4.78 is 5.06. The maximum atomic E-state index is 5.35. The average molecular weight is 248 g/mol. The molecular formula is C10H20N2OS2. The second kappa shape index (κ2) is 6.55. The maximum Gasteiger partial charge on any atom is 0.169 e. The molecule has 2 atom stereocenters. The molecule has 0 bridgehead atoms. The summed E-state index contributed by atoms with van der Waals surface area (Å²) in [6.45, 7) is 2.76. The molecule has 15 heavy (non-hydrogen) atoms. The van der Waals surface area contributed by atoms with E-state index in [0.29, 0.717) is 12.6 Å². The highest BCUT2D eigenvalue weighted by Crippen LogP contribution is 2.21. The van der Waals surface area contributed by atoms with Gasteiger partial charge in [-0.3, -0.25) is 0 Å². The van der Waals surface area contributed by atoms with Crippen LogP contribution < -0.4 is 5.32 Å². The molecule has 1 N–H and O–H groups in total. The van der Waals surface area contributed by atoms with Gasteiger partial charge in [-0.2, -0.15) is 11.8 Å².